The Bertz CT molecular complexity index is 1060. The van der Waals surface area contributed by atoms with Crippen LogP contribution < -0.4 is 10.5 Å². The van der Waals surface area contributed by atoms with E-state index < -0.39 is 0 Å². The number of anilines is 1. The topological polar surface area (TPSA) is 115 Å². The van der Waals surface area contributed by atoms with Crippen molar-refractivity contribution in [3.05, 3.63) is 39.3 Å². The Labute approximate surface area is 155 Å². The smallest absolute Gasteiger partial charge is 0.249 e. The second-order valence-corrected chi connectivity index (χ2v) is 6.56. The number of aromatic nitrogens is 6. The molecule has 0 bridgehead atoms. The number of thiazole rings is 1. The van der Waals surface area contributed by atoms with E-state index in [0.29, 0.717) is 26.9 Å². The zero-order valence-corrected chi connectivity index (χ0v) is 14.7. The van der Waals surface area contributed by atoms with Gasteiger partial charge in [0.15, 0.2) is 5.52 Å². The molecule has 0 amide bonds. The second kappa shape index (κ2) is 6.43. The lowest BCUT2D eigenvalue weighted by molar-refractivity contribution is 0.293. The molecule has 25 heavy (non-hydrogen) atoms. The molecule has 11 heteroatoms. The fourth-order valence-corrected chi connectivity index (χ4v) is 3.43. The number of H-pyrrole nitrogens is 1. The van der Waals surface area contributed by atoms with E-state index in [1.807, 2.05) is 17.5 Å². The SMILES string of the molecule is Nc1nc(OCc2csc(-c3cccc(Cl)c3Cl)n2)c2n[nH]nc2n1. The molecular formula is C14H9Cl2N7OS. The number of aromatic amines is 1. The van der Waals surface area contributed by atoms with Crippen molar-refractivity contribution in [2.75, 3.05) is 5.73 Å². The van der Waals surface area contributed by atoms with Crippen LogP contribution in [0.5, 0.6) is 5.88 Å². The Balaban J connectivity index is 1.57. The first kappa shape index (κ1) is 16.0. The van der Waals surface area contributed by atoms with E-state index >= 15 is 0 Å². The van der Waals surface area contributed by atoms with Crippen molar-refractivity contribution in [1.29, 1.82) is 0 Å². The number of nitrogen functional groups attached to an aromatic ring is 1. The lowest BCUT2D eigenvalue weighted by Gasteiger charge is -2.04. The second-order valence-electron chi connectivity index (χ2n) is 4.92. The minimum atomic E-state index is 0.0566. The summed E-state index contributed by atoms with van der Waals surface area (Å²) in [5.74, 6) is 0.299. The summed E-state index contributed by atoms with van der Waals surface area (Å²) in [6.07, 6.45) is 0. The summed E-state index contributed by atoms with van der Waals surface area (Å²) < 4.78 is 5.68. The van der Waals surface area contributed by atoms with Crippen molar-refractivity contribution in [1.82, 2.24) is 30.4 Å². The molecule has 1 aromatic carbocycles. The minimum absolute atomic E-state index is 0.0566. The van der Waals surface area contributed by atoms with E-state index in [9.17, 15) is 0 Å². The maximum Gasteiger partial charge on any atom is 0.249 e. The van der Waals surface area contributed by atoms with Crippen LogP contribution in [0.25, 0.3) is 21.7 Å². The summed E-state index contributed by atoms with van der Waals surface area (Å²) in [5, 5.41) is 13.9. The summed E-state index contributed by atoms with van der Waals surface area (Å²) in [6.45, 7) is 0.188. The standard InChI is InChI=1S/C14H9Cl2N7OS/c15-8-3-1-2-7(9(8)16)13-18-6(5-25-13)4-24-12-10-11(22-23-21-10)19-14(17)20-12/h1-3,5H,4H2,(H3,17,19,20,21,22,23). The van der Waals surface area contributed by atoms with E-state index in [-0.39, 0.29) is 18.4 Å². The van der Waals surface area contributed by atoms with Crippen LogP contribution in [0.15, 0.2) is 23.6 Å². The number of ether oxygens (including phenoxy) is 1. The van der Waals surface area contributed by atoms with Gasteiger partial charge in [-0.3, -0.25) is 0 Å². The van der Waals surface area contributed by atoms with Crippen molar-refractivity contribution in [2.24, 2.45) is 0 Å². The van der Waals surface area contributed by atoms with E-state index in [2.05, 4.69) is 30.4 Å². The molecule has 0 unspecified atom stereocenters. The number of rotatable bonds is 4. The number of hydrogen-bond donors (Lipinski definition) is 2. The number of fused-ring (bicyclic) bond motifs is 1. The Morgan fingerprint density at radius 1 is 1.16 bits per heavy atom. The summed E-state index contributed by atoms with van der Waals surface area (Å²) in [6, 6.07) is 5.42. The van der Waals surface area contributed by atoms with Gasteiger partial charge in [0.2, 0.25) is 17.5 Å². The molecule has 0 aliphatic rings. The average Bonchev–Trinajstić information content (AvgIpc) is 3.24. The number of nitrogens with one attached hydrogen (secondary N) is 1. The summed E-state index contributed by atoms with van der Waals surface area (Å²) in [7, 11) is 0. The first-order valence-corrected chi connectivity index (χ1v) is 8.61. The quantitative estimate of drug-likeness (QED) is 0.545. The molecule has 4 rings (SSSR count). The van der Waals surface area contributed by atoms with Gasteiger partial charge in [-0.1, -0.05) is 35.3 Å². The molecule has 8 nitrogen and oxygen atoms in total. The molecule has 0 radical (unpaired) electrons. The highest BCUT2D eigenvalue weighted by atomic mass is 35.5. The lowest BCUT2D eigenvalue weighted by Crippen LogP contribution is -2.02. The zero-order chi connectivity index (χ0) is 17.4. The van der Waals surface area contributed by atoms with Crippen LogP contribution in [0.2, 0.25) is 10.0 Å². The van der Waals surface area contributed by atoms with Crippen LogP contribution in [0, 0.1) is 0 Å². The highest BCUT2D eigenvalue weighted by Crippen LogP contribution is 2.35. The molecule has 0 aliphatic heterocycles. The normalized spacial score (nSPS) is 11.1. The van der Waals surface area contributed by atoms with E-state index in [1.165, 1.54) is 11.3 Å². The molecule has 0 aliphatic carbocycles. The van der Waals surface area contributed by atoms with Crippen LogP contribution in [0.1, 0.15) is 5.69 Å². The van der Waals surface area contributed by atoms with Crippen LogP contribution in [0.3, 0.4) is 0 Å². The maximum absolute atomic E-state index is 6.23. The van der Waals surface area contributed by atoms with Gasteiger partial charge in [0.05, 0.1) is 15.7 Å². The number of hydrogen-bond acceptors (Lipinski definition) is 8. The van der Waals surface area contributed by atoms with Crippen LogP contribution >= 0.6 is 34.5 Å². The predicted molar refractivity (Wildman–Crippen MR) is 95.8 cm³/mol. The molecule has 126 valence electrons. The van der Waals surface area contributed by atoms with Crippen molar-refractivity contribution in [3.63, 3.8) is 0 Å². The summed E-state index contributed by atoms with van der Waals surface area (Å²) in [4.78, 5) is 12.5. The van der Waals surface area contributed by atoms with Gasteiger partial charge in [-0.2, -0.15) is 15.2 Å². The van der Waals surface area contributed by atoms with Gasteiger partial charge in [-0.05, 0) is 6.07 Å². The molecule has 0 atom stereocenters. The fraction of sp³-hybridized carbons (Fsp3) is 0.0714. The van der Waals surface area contributed by atoms with E-state index in [1.54, 1.807) is 6.07 Å². The van der Waals surface area contributed by atoms with Crippen LogP contribution in [-0.4, -0.2) is 30.4 Å². The molecule has 0 spiro atoms. The van der Waals surface area contributed by atoms with Crippen LogP contribution in [-0.2, 0) is 6.61 Å². The molecule has 3 heterocycles. The van der Waals surface area contributed by atoms with Gasteiger partial charge in [0.1, 0.15) is 11.6 Å². The van der Waals surface area contributed by atoms with E-state index in [0.717, 1.165) is 10.6 Å². The lowest BCUT2D eigenvalue weighted by atomic mass is 10.2. The van der Waals surface area contributed by atoms with Gasteiger partial charge in [-0.15, -0.1) is 21.5 Å². The van der Waals surface area contributed by atoms with Gasteiger partial charge < -0.3 is 10.5 Å². The third-order valence-electron chi connectivity index (χ3n) is 3.26. The van der Waals surface area contributed by atoms with Crippen molar-refractivity contribution in [3.8, 4) is 16.5 Å². The van der Waals surface area contributed by atoms with Crippen molar-refractivity contribution < 1.29 is 4.74 Å². The van der Waals surface area contributed by atoms with Crippen molar-refractivity contribution >= 4 is 51.7 Å². The Morgan fingerprint density at radius 3 is 2.92 bits per heavy atom. The monoisotopic (exact) mass is 393 g/mol. The molecule has 4 aromatic rings. The van der Waals surface area contributed by atoms with E-state index in [4.69, 9.17) is 33.7 Å². The zero-order valence-electron chi connectivity index (χ0n) is 12.4. The summed E-state index contributed by atoms with van der Waals surface area (Å²) >= 11 is 13.7. The minimum Gasteiger partial charge on any atom is -0.469 e. The van der Waals surface area contributed by atoms with Gasteiger partial charge in [-0.25, -0.2) is 4.98 Å². The fourth-order valence-electron chi connectivity index (χ4n) is 2.15. The molecule has 0 saturated heterocycles. The first-order valence-electron chi connectivity index (χ1n) is 6.97. The van der Waals surface area contributed by atoms with Crippen LogP contribution in [0.4, 0.5) is 5.95 Å². The number of halogens is 2. The molecule has 0 fully saturated rings. The highest BCUT2D eigenvalue weighted by molar-refractivity contribution is 7.13. The Morgan fingerprint density at radius 2 is 2.04 bits per heavy atom. The highest BCUT2D eigenvalue weighted by Gasteiger charge is 2.14. The number of nitrogens with two attached hydrogens (primary N) is 1. The Kier molecular flexibility index (Phi) is 4.12. The Hall–Kier alpha value is -2.49. The van der Waals surface area contributed by atoms with Gasteiger partial charge >= 0.3 is 0 Å². The average molecular weight is 394 g/mol. The molecule has 0 saturated carbocycles. The number of nitrogens with zero attached hydrogens (tertiary/aromatic N) is 5. The molecule has 3 N–H and O–H groups in total. The summed E-state index contributed by atoms with van der Waals surface area (Å²) in [5.41, 5.74) is 7.87. The van der Waals surface area contributed by atoms with Gasteiger partial charge in [0.25, 0.3) is 0 Å². The molecule has 3 aromatic heterocycles. The third kappa shape index (κ3) is 3.09. The van der Waals surface area contributed by atoms with Crippen molar-refractivity contribution in [2.45, 2.75) is 6.61 Å². The largest absolute Gasteiger partial charge is 0.469 e. The first-order chi connectivity index (χ1) is 12.1. The molecular weight excluding hydrogens is 385 g/mol. The maximum atomic E-state index is 6.23. The number of benzene rings is 1. The van der Waals surface area contributed by atoms with Gasteiger partial charge in [0, 0.05) is 10.9 Å². The predicted octanol–water partition coefficient (Wildman–Crippen LogP) is 3.34. The third-order valence-corrected chi connectivity index (χ3v) is 5.00.